The summed E-state index contributed by atoms with van der Waals surface area (Å²) in [6.07, 6.45) is 0. The monoisotopic (exact) mass is 569 g/mol. The van der Waals surface area contributed by atoms with Crippen LogP contribution in [0.5, 0.6) is 51.7 Å². The average Bonchev–Trinajstić information content (AvgIpc) is 2.79. The van der Waals surface area contributed by atoms with Crippen molar-refractivity contribution in [3.05, 3.63) is 53.1 Å². The second kappa shape index (κ2) is 14.8. The Labute approximate surface area is 234 Å². The van der Waals surface area contributed by atoms with Crippen molar-refractivity contribution in [1.82, 2.24) is 0 Å². The molecule has 0 saturated heterocycles. The van der Waals surface area contributed by atoms with Crippen molar-refractivity contribution in [3.8, 4) is 51.7 Å². The van der Waals surface area contributed by atoms with E-state index in [4.69, 9.17) is 46.0 Å². The van der Waals surface area contributed by atoms with Gasteiger partial charge in [0, 0.05) is 16.7 Å². The molecule has 0 aliphatic rings. The minimum atomic E-state index is -1.54. The molecular formula is C21H15LiMnO15. The number of rotatable bonds is 3. The standard InChI is InChI=1S/3C7H6O5.Li.Mn/c3*8-4-1-3(7(11)12)2-5(9)6(4)10;;/h3*1-2,8-10H,(H,11,12);;/q;;;+1;+2/p-3. The van der Waals surface area contributed by atoms with Crippen molar-refractivity contribution in [3.63, 3.8) is 0 Å². The first-order chi connectivity index (χ1) is 16.6. The summed E-state index contributed by atoms with van der Waals surface area (Å²) < 4.78 is 0. The van der Waals surface area contributed by atoms with Gasteiger partial charge in [0.1, 0.15) is 0 Å². The summed E-state index contributed by atoms with van der Waals surface area (Å²) in [6.45, 7) is 0. The van der Waals surface area contributed by atoms with E-state index in [-0.39, 0.29) is 35.9 Å². The third kappa shape index (κ3) is 9.45. The first kappa shape index (κ1) is 35.5. The smallest absolute Gasteiger partial charge is 0.545 e. The second-order valence-electron chi connectivity index (χ2n) is 6.45. The van der Waals surface area contributed by atoms with Crippen LogP contribution in [-0.2, 0) is 17.1 Å². The van der Waals surface area contributed by atoms with Crippen LogP contribution in [0.4, 0.5) is 0 Å². The Morgan fingerprint density at radius 3 is 0.658 bits per heavy atom. The molecule has 197 valence electrons. The summed E-state index contributed by atoms with van der Waals surface area (Å²) in [5.74, 6) is -11.1. The van der Waals surface area contributed by atoms with E-state index < -0.39 is 86.3 Å². The molecule has 3 rings (SSSR count). The molecule has 0 bridgehead atoms. The molecule has 1 radical (unpaired) electrons. The van der Waals surface area contributed by atoms with Crippen LogP contribution in [0.15, 0.2) is 36.4 Å². The summed E-state index contributed by atoms with van der Waals surface area (Å²) in [6, 6.07) is 4.69. The molecule has 0 unspecified atom stereocenters. The summed E-state index contributed by atoms with van der Waals surface area (Å²) in [5, 5.41) is 110. The number of hydrogen-bond acceptors (Lipinski definition) is 15. The minimum Gasteiger partial charge on any atom is -0.545 e. The fourth-order valence-electron chi connectivity index (χ4n) is 2.17. The van der Waals surface area contributed by atoms with Gasteiger partial charge in [-0.3, -0.25) is 0 Å². The Balaban J connectivity index is 0. The van der Waals surface area contributed by atoms with Gasteiger partial charge < -0.3 is 75.7 Å². The Morgan fingerprint density at radius 2 is 0.553 bits per heavy atom. The van der Waals surface area contributed by atoms with Crippen LogP contribution >= 0.6 is 0 Å². The molecule has 0 aromatic heterocycles. The summed E-state index contributed by atoms with van der Waals surface area (Å²) >= 11 is 0. The SMILES string of the molecule is O=C([O-])c1cc(O)c(O)c(O)c1.O=C([O-])c1cc(O)c(O)c(O)c1.O=C([O-])c1cc(O)c(O)c(O)c1.[Li+].[Mn+2]. The maximum atomic E-state index is 10.2. The van der Waals surface area contributed by atoms with Crippen LogP contribution in [-0.4, -0.2) is 63.9 Å². The van der Waals surface area contributed by atoms with Crippen molar-refractivity contribution in [1.29, 1.82) is 0 Å². The fraction of sp³-hybridized carbons (Fsp3) is 0. The number of carbonyl (C=O) groups is 3. The molecule has 0 amide bonds. The molecule has 3 aromatic carbocycles. The molecule has 0 saturated carbocycles. The molecular weight excluding hydrogens is 554 g/mol. The predicted molar refractivity (Wildman–Crippen MR) is 107 cm³/mol. The molecule has 15 nitrogen and oxygen atoms in total. The summed E-state index contributed by atoms with van der Waals surface area (Å²) in [7, 11) is 0. The number of benzene rings is 3. The molecule has 0 heterocycles. The number of aromatic hydroxyl groups is 9. The van der Waals surface area contributed by atoms with Crippen LogP contribution in [0.2, 0.25) is 0 Å². The van der Waals surface area contributed by atoms with Crippen LogP contribution in [0, 0.1) is 0 Å². The van der Waals surface area contributed by atoms with Gasteiger partial charge in [-0.1, -0.05) is 0 Å². The van der Waals surface area contributed by atoms with Crippen molar-refractivity contribution in [2.24, 2.45) is 0 Å². The van der Waals surface area contributed by atoms with E-state index in [1.807, 2.05) is 0 Å². The number of aromatic carboxylic acids is 3. The molecule has 0 atom stereocenters. The number of hydrogen-bond donors (Lipinski definition) is 9. The first-order valence-corrected chi connectivity index (χ1v) is 8.95. The molecule has 0 aliphatic carbocycles. The fourth-order valence-corrected chi connectivity index (χ4v) is 2.17. The van der Waals surface area contributed by atoms with Gasteiger partial charge >= 0.3 is 35.9 Å². The van der Waals surface area contributed by atoms with Crippen molar-refractivity contribution >= 4 is 17.9 Å². The quantitative estimate of drug-likeness (QED) is 0.105. The van der Waals surface area contributed by atoms with Gasteiger partial charge in [0.15, 0.2) is 51.7 Å². The van der Waals surface area contributed by atoms with Gasteiger partial charge in [-0.25, -0.2) is 0 Å². The number of carbonyl (C=O) groups excluding carboxylic acids is 3. The topological polar surface area (TPSA) is 302 Å². The van der Waals surface area contributed by atoms with Gasteiger partial charge in [0.25, 0.3) is 0 Å². The average molecular weight is 569 g/mol. The Hall–Kier alpha value is -4.61. The minimum absolute atomic E-state index is 0. The van der Waals surface area contributed by atoms with E-state index in [0.29, 0.717) is 0 Å². The van der Waals surface area contributed by atoms with Gasteiger partial charge in [0.05, 0.1) is 17.9 Å². The van der Waals surface area contributed by atoms with Gasteiger partial charge in [-0.15, -0.1) is 0 Å². The molecule has 0 fully saturated rings. The van der Waals surface area contributed by atoms with Crippen molar-refractivity contribution in [2.45, 2.75) is 0 Å². The Kier molecular flexibility index (Phi) is 13.9. The zero-order valence-electron chi connectivity index (χ0n) is 18.8. The largest absolute Gasteiger partial charge is 2.00 e. The van der Waals surface area contributed by atoms with Gasteiger partial charge in [-0.05, 0) is 36.4 Å². The second-order valence-corrected chi connectivity index (χ2v) is 6.45. The molecule has 0 aliphatic heterocycles. The zero-order chi connectivity index (χ0) is 27.9. The molecule has 3 aromatic rings. The van der Waals surface area contributed by atoms with Crippen LogP contribution in [0.1, 0.15) is 31.1 Å². The number of carboxylic acid groups (broad SMARTS) is 3. The zero-order valence-corrected chi connectivity index (χ0v) is 20.0. The predicted octanol–water partition coefficient (Wildman–Crippen LogP) is -5.50. The summed E-state index contributed by atoms with van der Waals surface area (Å²) in [4.78, 5) is 30.6. The van der Waals surface area contributed by atoms with Gasteiger partial charge in [0.2, 0.25) is 0 Å². The molecule has 38 heavy (non-hydrogen) atoms. The molecule has 0 spiro atoms. The van der Waals surface area contributed by atoms with Crippen molar-refractivity contribution < 1.29 is 112 Å². The van der Waals surface area contributed by atoms with E-state index >= 15 is 0 Å². The number of phenolic OH excluding ortho intramolecular Hbond substituents is 9. The van der Waals surface area contributed by atoms with E-state index in [1.54, 1.807) is 0 Å². The van der Waals surface area contributed by atoms with Crippen LogP contribution < -0.4 is 34.2 Å². The van der Waals surface area contributed by atoms with Crippen LogP contribution in [0.3, 0.4) is 0 Å². The number of carboxylic acids is 3. The molecule has 17 heteroatoms. The normalized spacial score (nSPS) is 9.16. The Morgan fingerprint density at radius 1 is 0.421 bits per heavy atom. The Bertz CT molecular complexity index is 1100. The first-order valence-electron chi connectivity index (χ1n) is 8.95. The number of phenols is 9. The summed E-state index contributed by atoms with van der Waals surface area (Å²) in [5.41, 5.74) is -1.20. The maximum absolute atomic E-state index is 10.2. The van der Waals surface area contributed by atoms with E-state index in [0.717, 1.165) is 36.4 Å². The molecule has 9 N–H and O–H groups in total. The van der Waals surface area contributed by atoms with Gasteiger partial charge in [-0.2, -0.15) is 0 Å². The third-order valence-corrected chi connectivity index (χ3v) is 3.92. The third-order valence-electron chi connectivity index (χ3n) is 3.92. The van der Waals surface area contributed by atoms with Crippen LogP contribution in [0.25, 0.3) is 0 Å². The van der Waals surface area contributed by atoms with E-state index in [1.165, 1.54) is 0 Å². The maximum Gasteiger partial charge on any atom is 2.00 e. The van der Waals surface area contributed by atoms with E-state index in [2.05, 4.69) is 0 Å². The van der Waals surface area contributed by atoms with E-state index in [9.17, 15) is 29.7 Å². The van der Waals surface area contributed by atoms with Crippen molar-refractivity contribution in [2.75, 3.05) is 0 Å².